The van der Waals surface area contributed by atoms with Gasteiger partial charge >= 0.3 is 0 Å². The number of amides is 2. The molecule has 1 atom stereocenters. The minimum Gasteiger partial charge on any atom is -0.354 e. The largest absolute Gasteiger partial charge is 0.354 e. The van der Waals surface area contributed by atoms with Crippen LogP contribution >= 0.6 is 11.6 Å². The van der Waals surface area contributed by atoms with Gasteiger partial charge in [-0.05, 0) is 42.2 Å². The summed E-state index contributed by atoms with van der Waals surface area (Å²) >= 11 is 6.45. The van der Waals surface area contributed by atoms with E-state index < -0.39 is 16.1 Å². The van der Waals surface area contributed by atoms with Crippen molar-refractivity contribution in [2.24, 2.45) is 0 Å². The predicted octanol–water partition coefficient (Wildman–Crippen LogP) is 5.05. The first-order valence-corrected chi connectivity index (χ1v) is 15.3. The molecule has 0 radical (unpaired) electrons. The van der Waals surface area contributed by atoms with Gasteiger partial charge in [0, 0.05) is 37.5 Å². The van der Waals surface area contributed by atoms with Crippen molar-refractivity contribution < 1.29 is 18.0 Å². The number of carbonyl (C=O) groups excluding carboxylic acids is 2. The Morgan fingerprint density at radius 3 is 2.15 bits per heavy atom. The molecule has 3 aromatic carbocycles. The van der Waals surface area contributed by atoms with Crippen LogP contribution in [0.1, 0.15) is 37.3 Å². The summed E-state index contributed by atoms with van der Waals surface area (Å²) in [6.07, 6.45) is 2.61. The lowest BCUT2D eigenvalue weighted by molar-refractivity contribution is -0.141. The van der Waals surface area contributed by atoms with Gasteiger partial charge in [-0.3, -0.25) is 13.9 Å². The fourth-order valence-corrected chi connectivity index (χ4v) is 5.49. The topological polar surface area (TPSA) is 86.8 Å². The minimum absolute atomic E-state index is 0.0651. The van der Waals surface area contributed by atoms with Crippen molar-refractivity contribution in [1.82, 2.24) is 10.2 Å². The zero-order chi connectivity index (χ0) is 28.3. The number of anilines is 1. The predicted molar refractivity (Wildman–Crippen MR) is 157 cm³/mol. The molecule has 0 aliphatic heterocycles. The summed E-state index contributed by atoms with van der Waals surface area (Å²) in [6.45, 7) is 2.77. The van der Waals surface area contributed by atoms with E-state index in [1.807, 2.05) is 61.5 Å². The maximum Gasteiger partial charge on any atom is 0.243 e. The number of sulfonamides is 1. The molecule has 0 aromatic heterocycles. The molecule has 0 aliphatic rings. The van der Waals surface area contributed by atoms with Crippen LogP contribution in [0.15, 0.2) is 84.9 Å². The van der Waals surface area contributed by atoms with Gasteiger partial charge in [0.25, 0.3) is 0 Å². The van der Waals surface area contributed by atoms with Crippen LogP contribution in [-0.2, 0) is 32.6 Å². The van der Waals surface area contributed by atoms with Crippen molar-refractivity contribution >= 4 is 39.1 Å². The molecule has 39 heavy (non-hydrogen) atoms. The number of carbonyl (C=O) groups is 2. The third-order valence-corrected chi connectivity index (χ3v) is 7.88. The molecule has 1 N–H and O–H groups in total. The van der Waals surface area contributed by atoms with Crippen LogP contribution in [0.3, 0.4) is 0 Å². The molecule has 3 rings (SSSR count). The van der Waals surface area contributed by atoms with E-state index >= 15 is 0 Å². The van der Waals surface area contributed by atoms with Crippen LogP contribution in [-0.4, -0.2) is 50.5 Å². The fraction of sp³-hybridized carbons (Fsp3) is 0.333. The van der Waals surface area contributed by atoms with E-state index in [2.05, 4.69) is 5.32 Å². The molecule has 0 saturated carbocycles. The van der Waals surface area contributed by atoms with Gasteiger partial charge in [0.15, 0.2) is 0 Å². The molecule has 0 fully saturated rings. The van der Waals surface area contributed by atoms with Crippen molar-refractivity contribution in [3.8, 4) is 0 Å². The lowest BCUT2D eigenvalue weighted by atomic mass is 10.0. The van der Waals surface area contributed by atoms with Crippen LogP contribution in [0.2, 0.25) is 5.02 Å². The van der Waals surface area contributed by atoms with Crippen molar-refractivity contribution in [3.63, 3.8) is 0 Å². The third-order valence-electron chi connectivity index (χ3n) is 6.32. The third kappa shape index (κ3) is 9.11. The molecule has 7 nitrogen and oxygen atoms in total. The summed E-state index contributed by atoms with van der Waals surface area (Å²) in [4.78, 5) is 28.7. The van der Waals surface area contributed by atoms with E-state index in [4.69, 9.17) is 11.6 Å². The number of rotatable bonds is 14. The first-order chi connectivity index (χ1) is 18.7. The average molecular weight is 570 g/mol. The van der Waals surface area contributed by atoms with E-state index in [0.717, 1.165) is 23.8 Å². The van der Waals surface area contributed by atoms with Gasteiger partial charge in [0.05, 0.1) is 11.9 Å². The zero-order valence-corrected chi connectivity index (χ0v) is 24.0. The van der Waals surface area contributed by atoms with Crippen LogP contribution in [0.4, 0.5) is 5.69 Å². The molecule has 3 aromatic rings. The van der Waals surface area contributed by atoms with E-state index in [9.17, 15) is 18.0 Å². The molecule has 0 spiro atoms. The fourth-order valence-electron chi connectivity index (χ4n) is 4.33. The molecule has 2 amide bonds. The highest BCUT2D eigenvalue weighted by Crippen LogP contribution is 2.22. The number of hydrogen-bond acceptors (Lipinski definition) is 4. The van der Waals surface area contributed by atoms with Crippen molar-refractivity contribution in [3.05, 3.63) is 101 Å². The second kappa shape index (κ2) is 14.7. The standard InChI is InChI=1S/C30H36ClN3O4S/c1-3-20-32-30(36)28(22-24-13-6-4-7-14-24)33(23-25-15-10-11-18-27(25)31)29(35)19-12-21-34(39(2,37)38)26-16-8-5-9-17-26/h4-11,13-18,28H,3,12,19-23H2,1-2H3,(H,32,36)/t28-/m0/s1. The Labute approximate surface area is 236 Å². The zero-order valence-electron chi connectivity index (χ0n) is 22.4. The van der Waals surface area contributed by atoms with Crippen molar-refractivity contribution in [2.45, 2.75) is 45.2 Å². The Bertz CT molecular complexity index is 1320. The van der Waals surface area contributed by atoms with Crippen LogP contribution < -0.4 is 9.62 Å². The van der Waals surface area contributed by atoms with E-state index in [1.165, 1.54) is 4.31 Å². The van der Waals surface area contributed by atoms with Crippen LogP contribution in [0.25, 0.3) is 0 Å². The molecule has 0 saturated heterocycles. The van der Waals surface area contributed by atoms with Gasteiger partial charge < -0.3 is 10.2 Å². The smallest absolute Gasteiger partial charge is 0.243 e. The first-order valence-electron chi connectivity index (χ1n) is 13.1. The number of nitrogens with zero attached hydrogens (tertiary/aromatic N) is 2. The van der Waals surface area contributed by atoms with E-state index in [0.29, 0.717) is 23.7 Å². The van der Waals surface area contributed by atoms with E-state index in [-0.39, 0.29) is 37.7 Å². The Hall–Kier alpha value is -3.36. The van der Waals surface area contributed by atoms with Crippen molar-refractivity contribution in [2.75, 3.05) is 23.7 Å². The van der Waals surface area contributed by atoms with Gasteiger partial charge in [0.2, 0.25) is 21.8 Å². The Morgan fingerprint density at radius 2 is 1.54 bits per heavy atom. The summed E-state index contributed by atoms with van der Waals surface area (Å²) in [7, 11) is -3.54. The maximum atomic E-state index is 13.8. The van der Waals surface area contributed by atoms with Gasteiger partial charge in [-0.15, -0.1) is 0 Å². The minimum atomic E-state index is -3.54. The maximum absolute atomic E-state index is 13.8. The highest BCUT2D eigenvalue weighted by Gasteiger charge is 2.30. The molecule has 208 valence electrons. The SMILES string of the molecule is CCCNC(=O)[C@H](Cc1ccccc1)N(Cc1ccccc1Cl)C(=O)CCCN(c1ccccc1)S(C)(=O)=O. The Morgan fingerprint density at radius 1 is 0.923 bits per heavy atom. The molecule has 0 heterocycles. The van der Waals surface area contributed by atoms with Crippen LogP contribution in [0.5, 0.6) is 0 Å². The van der Waals surface area contributed by atoms with Gasteiger partial charge in [-0.1, -0.05) is 85.3 Å². The van der Waals surface area contributed by atoms with Crippen LogP contribution in [0, 0.1) is 0 Å². The van der Waals surface area contributed by atoms with E-state index in [1.54, 1.807) is 35.2 Å². The second-order valence-corrected chi connectivity index (χ2v) is 11.7. The molecule has 0 bridgehead atoms. The quantitative estimate of drug-likeness (QED) is 0.294. The summed E-state index contributed by atoms with van der Waals surface area (Å²) < 4.78 is 26.3. The number of halogens is 1. The highest BCUT2D eigenvalue weighted by molar-refractivity contribution is 7.92. The van der Waals surface area contributed by atoms with Gasteiger partial charge in [-0.25, -0.2) is 8.42 Å². The first kappa shape index (κ1) is 30.2. The molecule has 9 heteroatoms. The number of para-hydroxylation sites is 1. The summed E-state index contributed by atoms with van der Waals surface area (Å²) in [5.41, 5.74) is 2.20. The Kier molecular flexibility index (Phi) is 11.4. The normalized spacial score (nSPS) is 12.0. The van der Waals surface area contributed by atoms with Gasteiger partial charge in [0.1, 0.15) is 6.04 Å². The highest BCUT2D eigenvalue weighted by atomic mass is 35.5. The number of benzene rings is 3. The monoisotopic (exact) mass is 569 g/mol. The second-order valence-electron chi connectivity index (χ2n) is 9.38. The summed E-state index contributed by atoms with van der Waals surface area (Å²) in [6, 6.07) is 24.9. The molecule has 0 aliphatic carbocycles. The Balaban J connectivity index is 1.87. The lowest BCUT2D eigenvalue weighted by Crippen LogP contribution is -2.50. The summed E-state index contributed by atoms with van der Waals surface area (Å²) in [5, 5.41) is 3.46. The lowest BCUT2D eigenvalue weighted by Gasteiger charge is -2.32. The number of hydrogen-bond donors (Lipinski definition) is 1. The molecule has 0 unspecified atom stereocenters. The number of nitrogens with one attached hydrogen (secondary N) is 1. The molecular formula is C30H36ClN3O4S. The average Bonchev–Trinajstić information content (AvgIpc) is 2.92. The molecular weight excluding hydrogens is 534 g/mol. The summed E-state index contributed by atoms with van der Waals surface area (Å²) in [5.74, 6) is -0.479. The van der Waals surface area contributed by atoms with Gasteiger partial charge in [-0.2, -0.15) is 0 Å². The van der Waals surface area contributed by atoms with Crippen molar-refractivity contribution in [1.29, 1.82) is 0 Å².